The van der Waals surface area contributed by atoms with Crippen molar-refractivity contribution in [2.75, 3.05) is 19.6 Å². The van der Waals surface area contributed by atoms with Crippen LogP contribution in [0.3, 0.4) is 0 Å². The Bertz CT molecular complexity index is 720. The standard InChI is InChI=1S/C19H25N5.HI/c1-3-20-19(21-13-16-14-22-23(2)15-16)24-11-9-18(10-12-24)17-7-5-4-6-8-17;/h4-9,14-15H,3,10-13H2,1-2H3,(H,20,21);1H. The van der Waals surface area contributed by atoms with Gasteiger partial charge in [-0.2, -0.15) is 5.10 Å². The molecule has 1 aromatic heterocycles. The van der Waals surface area contributed by atoms with Gasteiger partial charge < -0.3 is 10.2 Å². The molecular weight excluding hydrogens is 425 g/mol. The molecule has 25 heavy (non-hydrogen) atoms. The predicted molar refractivity (Wildman–Crippen MR) is 114 cm³/mol. The molecule has 0 bridgehead atoms. The lowest BCUT2D eigenvalue weighted by atomic mass is 10.00. The van der Waals surface area contributed by atoms with E-state index in [9.17, 15) is 0 Å². The summed E-state index contributed by atoms with van der Waals surface area (Å²) < 4.78 is 1.81. The zero-order valence-electron chi connectivity index (χ0n) is 14.9. The lowest BCUT2D eigenvalue weighted by Gasteiger charge is -2.29. The molecule has 2 aromatic rings. The molecule has 0 atom stereocenters. The summed E-state index contributed by atoms with van der Waals surface area (Å²) in [6.45, 7) is 5.51. The van der Waals surface area contributed by atoms with Gasteiger partial charge in [0.2, 0.25) is 0 Å². The molecule has 0 aliphatic carbocycles. The highest BCUT2D eigenvalue weighted by Gasteiger charge is 2.16. The van der Waals surface area contributed by atoms with Gasteiger partial charge in [-0.3, -0.25) is 4.68 Å². The molecule has 0 fully saturated rings. The second kappa shape index (κ2) is 9.60. The highest BCUT2D eigenvalue weighted by molar-refractivity contribution is 14.0. The fraction of sp³-hybridized carbons (Fsp3) is 0.368. The molecular formula is C19H26IN5. The van der Waals surface area contributed by atoms with Gasteiger partial charge in [-0.25, -0.2) is 4.99 Å². The number of benzene rings is 1. The number of aromatic nitrogens is 2. The van der Waals surface area contributed by atoms with Crippen LogP contribution in [0, 0.1) is 0 Å². The van der Waals surface area contributed by atoms with E-state index in [0.717, 1.165) is 37.6 Å². The monoisotopic (exact) mass is 451 g/mol. The molecule has 3 rings (SSSR count). The molecule has 1 aliphatic heterocycles. The highest BCUT2D eigenvalue weighted by Crippen LogP contribution is 2.22. The largest absolute Gasteiger partial charge is 0.356 e. The van der Waals surface area contributed by atoms with Crippen molar-refractivity contribution in [1.29, 1.82) is 0 Å². The van der Waals surface area contributed by atoms with Gasteiger partial charge in [0, 0.05) is 38.4 Å². The maximum atomic E-state index is 4.77. The number of nitrogens with one attached hydrogen (secondary N) is 1. The number of halogens is 1. The van der Waals surface area contributed by atoms with Crippen LogP contribution < -0.4 is 5.32 Å². The van der Waals surface area contributed by atoms with E-state index in [0.29, 0.717) is 6.54 Å². The Morgan fingerprint density at radius 2 is 2.08 bits per heavy atom. The maximum Gasteiger partial charge on any atom is 0.194 e. The summed E-state index contributed by atoms with van der Waals surface area (Å²) >= 11 is 0. The van der Waals surface area contributed by atoms with Crippen molar-refractivity contribution in [2.45, 2.75) is 19.9 Å². The van der Waals surface area contributed by atoms with Crippen molar-refractivity contribution in [1.82, 2.24) is 20.0 Å². The Kier molecular flexibility index (Phi) is 7.49. The van der Waals surface area contributed by atoms with Gasteiger partial charge in [-0.15, -0.1) is 24.0 Å². The topological polar surface area (TPSA) is 45.5 Å². The second-order valence-electron chi connectivity index (χ2n) is 5.98. The number of rotatable bonds is 4. The van der Waals surface area contributed by atoms with Crippen LogP contribution in [0.1, 0.15) is 24.5 Å². The van der Waals surface area contributed by atoms with Crippen LogP contribution in [0.25, 0.3) is 5.57 Å². The van der Waals surface area contributed by atoms with Gasteiger partial charge in [0.05, 0.1) is 12.7 Å². The second-order valence-corrected chi connectivity index (χ2v) is 5.98. The van der Waals surface area contributed by atoms with Crippen molar-refractivity contribution in [2.24, 2.45) is 12.0 Å². The average Bonchev–Trinajstić information content (AvgIpc) is 3.05. The van der Waals surface area contributed by atoms with Crippen LogP contribution >= 0.6 is 24.0 Å². The Labute approximate surface area is 166 Å². The van der Waals surface area contributed by atoms with Gasteiger partial charge >= 0.3 is 0 Å². The Morgan fingerprint density at radius 1 is 1.28 bits per heavy atom. The van der Waals surface area contributed by atoms with Crippen molar-refractivity contribution in [3.63, 3.8) is 0 Å². The molecule has 0 amide bonds. The van der Waals surface area contributed by atoms with Crippen LogP contribution in [0.15, 0.2) is 53.8 Å². The number of nitrogens with zero attached hydrogens (tertiary/aromatic N) is 4. The number of guanidine groups is 1. The lowest BCUT2D eigenvalue weighted by molar-refractivity contribution is 0.440. The number of hydrogen-bond acceptors (Lipinski definition) is 2. The van der Waals surface area contributed by atoms with Crippen molar-refractivity contribution in [3.8, 4) is 0 Å². The maximum absolute atomic E-state index is 4.77. The first-order valence-electron chi connectivity index (χ1n) is 8.51. The molecule has 1 N–H and O–H groups in total. The fourth-order valence-corrected chi connectivity index (χ4v) is 2.92. The normalized spacial score (nSPS) is 14.7. The van der Waals surface area contributed by atoms with Crippen molar-refractivity contribution >= 4 is 35.5 Å². The Balaban J connectivity index is 0.00000225. The van der Waals surface area contributed by atoms with Gasteiger partial charge in [0.1, 0.15) is 0 Å². The SMILES string of the molecule is CCNC(=NCc1cnn(C)c1)N1CC=C(c2ccccc2)CC1.I. The van der Waals surface area contributed by atoms with E-state index in [2.05, 4.69) is 58.6 Å². The van der Waals surface area contributed by atoms with E-state index in [1.165, 1.54) is 11.1 Å². The van der Waals surface area contributed by atoms with E-state index >= 15 is 0 Å². The van der Waals surface area contributed by atoms with Gasteiger partial charge in [-0.1, -0.05) is 36.4 Å². The lowest BCUT2D eigenvalue weighted by Crippen LogP contribution is -2.43. The van der Waals surface area contributed by atoms with Crippen LogP contribution in [0.4, 0.5) is 0 Å². The molecule has 1 aromatic carbocycles. The van der Waals surface area contributed by atoms with E-state index < -0.39 is 0 Å². The molecule has 0 spiro atoms. The van der Waals surface area contributed by atoms with E-state index in [1.807, 2.05) is 24.1 Å². The number of aryl methyl sites for hydroxylation is 1. The molecule has 6 heteroatoms. The van der Waals surface area contributed by atoms with E-state index in [1.54, 1.807) is 0 Å². The average molecular weight is 451 g/mol. The zero-order valence-corrected chi connectivity index (χ0v) is 17.2. The third kappa shape index (κ3) is 5.32. The minimum atomic E-state index is 0. The predicted octanol–water partition coefficient (Wildman–Crippen LogP) is 3.29. The molecule has 0 saturated heterocycles. The van der Waals surface area contributed by atoms with Crippen LogP contribution in [-0.4, -0.2) is 40.3 Å². The summed E-state index contributed by atoms with van der Waals surface area (Å²) in [6, 6.07) is 10.6. The van der Waals surface area contributed by atoms with Crippen LogP contribution in [0.5, 0.6) is 0 Å². The van der Waals surface area contributed by atoms with Gasteiger partial charge in [-0.05, 0) is 24.5 Å². The summed E-state index contributed by atoms with van der Waals surface area (Å²) in [7, 11) is 1.93. The fourth-order valence-electron chi connectivity index (χ4n) is 2.92. The summed E-state index contributed by atoms with van der Waals surface area (Å²) in [4.78, 5) is 7.08. The Hall–Kier alpha value is -1.83. The molecule has 134 valence electrons. The van der Waals surface area contributed by atoms with E-state index in [4.69, 9.17) is 4.99 Å². The molecule has 1 aliphatic rings. The summed E-state index contributed by atoms with van der Waals surface area (Å²) in [5.41, 5.74) is 3.88. The number of aliphatic imine (C=N–C) groups is 1. The minimum Gasteiger partial charge on any atom is -0.356 e. The highest BCUT2D eigenvalue weighted by atomic mass is 127. The smallest absolute Gasteiger partial charge is 0.194 e. The van der Waals surface area contributed by atoms with Crippen molar-refractivity contribution in [3.05, 3.63) is 59.9 Å². The molecule has 0 radical (unpaired) electrons. The third-order valence-corrected chi connectivity index (χ3v) is 4.16. The summed E-state index contributed by atoms with van der Waals surface area (Å²) in [5, 5.41) is 7.60. The summed E-state index contributed by atoms with van der Waals surface area (Å²) in [5.74, 6) is 0.977. The van der Waals surface area contributed by atoms with Crippen LogP contribution in [-0.2, 0) is 13.6 Å². The van der Waals surface area contributed by atoms with Gasteiger partial charge in [0.15, 0.2) is 5.96 Å². The zero-order chi connectivity index (χ0) is 16.8. The minimum absolute atomic E-state index is 0. The molecule has 2 heterocycles. The van der Waals surface area contributed by atoms with Crippen LogP contribution in [0.2, 0.25) is 0 Å². The first-order valence-corrected chi connectivity index (χ1v) is 8.51. The molecule has 5 nitrogen and oxygen atoms in total. The quantitative estimate of drug-likeness (QED) is 0.441. The van der Waals surface area contributed by atoms with Crippen molar-refractivity contribution < 1.29 is 0 Å². The third-order valence-electron chi connectivity index (χ3n) is 4.16. The molecule has 0 saturated carbocycles. The summed E-state index contributed by atoms with van der Waals surface area (Å²) in [6.07, 6.45) is 7.24. The number of hydrogen-bond donors (Lipinski definition) is 1. The first-order chi connectivity index (χ1) is 11.8. The molecule has 0 unspecified atom stereocenters. The van der Waals surface area contributed by atoms with E-state index in [-0.39, 0.29) is 24.0 Å². The first kappa shape index (κ1) is 19.5. The van der Waals surface area contributed by atoms with Gasteiger partial charge in [0.25, 0.3) is 0 Å². The Morgan fingerprint density at radius 3 is 2.68 bits per heavy atom.